The van der Waals surface area contributed by atoms with E-state index in [0.29, 0.717) is 0 Å². The smallest absolute Gasteiger partial charge is 0.166 e. The highest BCUT2D eigenvalue weighted by atomic mass is 14.9. The molecule has 1 rings (SSSR count). The summed E-state index contributed by atoms with van der Waals surface area (Å²) in [5, 5.41) is 8.46. The van der Waals surface area contributed by atoms with Crippen molar-refractivity contribution in [2.24, 2.45) is 5.73 Å². The maximum atomic E-state index is 5.62. The Hall–Kier alpha value is -0.830. The zero-order valence-corrected chi connectivity index (χ0v) is 5.35. The first-order valence-corrected chi connectivity index (χ1v) is 3.07. The molecule has 5 N–H and O–H groups in total. The SMILES string of the molecule is NC1=C(C=[NH2+])CNCC1. The minimum Gasteiger partial charge on any atom is -0.402 e. The third-order valence-electron chi connectivity index (χ3n) is 1.50. The summed E-state index contributed by atoms with van der Waals surface area (Å²) in [7, 11) is 0. The normalized spacial score (nSPS) is 20.0. The minimum atomic E-state index is 0.822. The van der Waals surface area contributed by atoms with Crippen LogP contribution in [0.15, 0.2) is 11.3 Å². The number of hydrogen-bond acceptors (Lipinski definition) is 2. The van der Waals surface area contributed by atoms with E-state index in [-0.39, 0.29) is 0 Å². The van der Waals surface area contributed by atoms with Gasteiger partial charge in [-0.15, -0.1) is 0 Å². The Morgan fingerprint density at radius 1 is 1.67 bits per heavy atom. The molecule has 1 aliphatic heterocycles. The zero-order valence-electron chi connectivity index (χ0n) is 5.35. The van der Waals surface area contributed by atoms with Gasteiger partial charge in [-0.25, -0.2) is 0 Å². The molecule has 50 valence electrons. The fourth-order valence-electron chi connectivity index (χ4n) is 0.886. The van der Waals surface area contributed by atoms with Gasteiger partial charge in [-0.05, 0) is 6.42 Å². The van der Waals surface area contributed by atoms with Crippen molar-refractivity contribution >= 4 is 6.21 Å². The van der Waals surface area contributed by atoms with Crippen molar-refractivity contribution < 1.29 is 5.41 Å². The lowest BCUT2D eigenvalue weighted by molar-refractivity contribution is -0.105. The molecule has 0 saturated carbocycles. The molecule has 1 heterocycles. The Morgan fingerprint density at radius 2 is 2.44 bits per heavy atom. The molecule has 0 saturated heterocycles. The predicted molar refractivity (Wildman–Crippen MR) is 36.7 cm³/mol. The van der Waals surface area contributed by atoms with Gasteiger partial charge in [0.05, 0.1) is 0 Å². The largest absolute Gasteiger partial charge is 0.402 e. The molecule has 0 atom stereocenters. The molecule has 9 heavy (non-hydrogen) atoms. The van der Waals surface area contributed by atoms with Gasteiger partial charge in [0.2, 0.25) is 0 Å². The second-order valence-corrected chi connectivity index (χ2v) is 2.14. The maximum absolute atomic E-state index is 5.62. The number of nitrogens with one attached hydrogen (secondary N) is 1. The van der Waals surface area contributed by atoms with E-state index < -0.39 is 0 Å². The molecule has 3 nitrogen and oxygen atoms in total. The van der Waals surface area contributed by atoms with Crippen molar-refractivity contribution in [3.8, 4) is 0 Å². The Balaban J connectivity index is 2.70. The van der Waals surface area contributed by atoms with Gasteiger partial charge in [-0.1, -0.05) is 0 Å². The quantitative estimate of drug-likeness (QED) is 0.357. The molecule has 0 fully saturated rings. The van der Waals surface area contributed by atoms with Gasteiger partial charge in [-0.2, -0.15) is 0 Å². The molecule has 0 unspecified atom stereocenters. The molecule has 0 bridgehead atoms. The molecule has 0 aliphatic carbocycles. The van der Waals surface area contributed by atoms with Crippen molar-refractivity contribution in [3.63, 3.8) is 0 Å². The second-order valence-electron chi connectivity index (χ2n) is 2.14. The first-order chi connectivity index (χ1) is 4.34. The Labute approximate surface area is 54.4 Å². The van der Waals surface area contributed by atoms with E-state index in [0.717, 1.165) is 30.8 Å². The standard InChI is InChI=1S/C6H11N3/c7-3-5-4-9-2-1-6(5)8/h3,7,9H,1-2,4,8H2/p+1. The third kappa shape index (κ3) is 1.29. The van der Waals surface area contributed by atoms with Gasteiger partial charge in [0.25, 0.3) is 0 Å². The summed E-state index contributed by atoms with van der Waals surface area (Å²) in [5.41, 5.74) is 7.59. The molecule has 3 heteroatoms. The first kappa shape index (κ1) is 6.29. The van der Waals surface area contributed by atoms with Crippen LogP contribution in [0.3, 0.4) is 0 Å². The summed E-state index contributed by atoms with van der Waals surface area (Å²) in [6.07, 6.45) is 2.49. The van der Waals surface area contributed by atoms with Gasteiger partial charge >= 0.3 is 0 Å². The Morgan fingerprint density at radius 3 is 2.89 bits per heavy atom. The molecule has 0 spiro atoms. The zero-order chi connectivity index (χ0) is 6.69. The molecule has 0 aromatic rings. The van der Waals surface area contributed by atoms with Crippen molar-refractivity contribution in [3.05, 3.63) is 11.3 Å². The number of rotatable bonds is 1. The van der Waals surface area contributed by atoms with E-state index in [2.05, 4.69) is 5.32 Å². The van der Waals surface area contributed by atoms with E-state index >= 15 is 0 Å². The topological polar surface area (TPSA) is 63.6 Å². The lowest BCUT2D eigenvalue weighted by atomic mass is 10.1. The van der Waals surface area contributed by atoms with Crippen molar-refractivity contribution in [2.45, 2.75) is 6.42 Å². The fourth-order valence-corrected chi connectivity index (χ4v) is 0.886. The summed E-state index contributed by atoms with van der Waals surface area (Å²) in [6.45, 7) is 1.80. The maximum Gasteiger partial charge on any atom is 0.166 e. The Bertz CT molecular complexity index is 148. The average molecular weight is 126 g/mol. The van der Waals surface area contributed by atoms with E-state index in [1.165, 1.54) is 0 Å². The molecule has 0 amide bonds. The van der Waals surface area contributed by atoms with Crippen molar-refractivity contribution in [2.75, 3.05) is 13.1 Å². The van der Waals surface area contributed by atoms with E-state index in [4.69, 9.17) is 11.1 Å². The molecular weight excluding hydrogens is 114 g/mol. The molecule has 0 aromatic heterocycles. The van der Waals surface area contributed by atoms with Crippen LogP contribution in [-0.4, -0.2) is 19.3 Å². The van der Waals surface area contributed by atoms with Gasteiger partial charge in [0, 0.05) is 24.4 Å². The van der Waals surface area contributed by atoms with E-state index in [1.807, 2.05) is 0 Å². The summed E-state index contributed by atoms with van der Waals surface area (Å²) >= 11 is 0. The summed E-state index contributed by atoms with van der Waals surface area (Å²) in [5.74, 6) is 0. The van der Waals surface area contributed by atoms with Gasteiger partial charge in [0.15, 0.2) is 6.21 Å². The van der Waals surface area contributed by atoms with Crippen molar-refractivity contribution in [1.82, 2.24) is 5.32 Å². The van der Waals surface area contributed by atoms with Crippen LogP contribution in [0.4, 0.5) is 0 Å². The van der Waals surface area contributed by atoms with Crippen LogP contribution >= 0.6 is 0 Å². The van der Waals surface area contributed by atoms with Gasteiger partial charge < -0.3 is 11.1 Å². The molecule has 1 aliphatic rings. The van der Waals surface area contributed by atoms with Crippen LogP contribution in [0.1, 0.15) is 6.42 Å². The average Bonchev–Trinajstić information content (AvgIpc) is 1.89. The van der Waals surface area contributed by atoms with Gasteiger partial charge in [0.1, 0.15) is 0 Å². The van der Waals surface area contributed by atoms with Gasteiger partial charge in [-0.3, -0.25) is 5.41 Å². The summed E-state index contributed by atoms with van der Waals surface area (Å²) in [6, 6.07) is 0. The van der Waals surface area contributed by atoms with Crippen LogP contribution in [0.25, 0.3) is 0 Å². The van der Waals surface area contributed by atoms with Crippen LogP contribution in [0, 0.1) is 0 Å². The Kier molecular flexibility index (Phi) is 1.85. The highest BCUT2D eigenvalue weighted by Crippen LogP contribution is 2.02. The number of nitrogens with two attached hydrogens (primary N) is 2. The number of hydrogen-bond donors (Lipinski definition) is 3. The summed E-state index contributed by atoms with van der Waals surface area (Å²) in [4.78, 5) is 0. The van der Waals surface area contributed by atoms with Crippen LogP contribution in [0.2, 0.25) is 0 Å². The first-order valence-electron chi connectivity index (χ1n) is 3.07. The third-order valence-corrected chi connectivity index (χ3v) is 1.50. The molecule has 0 aromatic carbocycles. The second kappa shape index (κ2) is 2.64. The fraction of sp³-hybridized carbons (Fsp3) is 0.500. The molecule has 0 radical (unpaired) electrons. The summed E-state index contributed by atoms with van der Waals surface area (Å²) < 4.78 is 0. The van der Waals surface area contributed by atoms with Crippen LogP contribution < -0.4 is 16.5 Å². The lowest BCUT2D eigenvalue weighted by Gasteiger charge is -2.12. The van der Waals surface area contributed by atoms with Crippen LogP contribution in [-0.2, 0) is 0 Å². The highest BCUT2D eigenvalue weighted by molar-refractivity contribution is 5.75. The van der Waals surface area contributed by atoms with E-state index in [1.54, 1.807) is 6.21 Å². The monoisotopic (exact) mass is 126 g/mol. The highest BCUT2D eigenvalue weighted by Gasteiger charge is 2.07. The predicted octanol–water partition coefficient (Wildman–Crippen LogP) is -1.98. The minimum absolute atomic E-state index is 0.822. The van der Waals surface area contributed by atoms with E-state index in [9.17, 15) is 0 Å². The molecular formula is C6H12N3+. The van der Waals surface area contributed by atoms with Crippen LogP contribution in [0.5, 0.6) is 0 Å². The lowest BCUT2D eigenvalue weighted by Crippen LogP contribution is -2.37. The van der Waals surface area contributed by atoms with Crippen molar-refractivity contribution in [1.29, 1.82) is 0 Å².